The monoisotopic (exact) mass is 593 g/mol. The number of carbonyl (C=O) groups excluding carboxylic acids is 1. The molecule has 3 aromatic rings. The maximum absolute atomic E-state index is 13.8. The molecular formula is C28H28BrN5O5. The number of azide groups is 1. The lowest BCUT2D eigenvalue weighted by atomic mass is 9.81. The summed E-state index contributed by atoms with van der Waals surface area (Å²) in [5.41, 5.74) is 12.9. The molecule has 0 spiro atoms. The fourth-order valence-electron chi connectivity index (χ4n) is 4.38. The average molecular weight is 594 g/mol. The van der Waals surface area contributed by atoms with Gasteiger partial charge in [0.1, 0.15) is 5.75 Å². The number of hydrogen-bond acceptors (Lipinski definition) is 7. The highest BCUT2D eigenvalue weighted by Gasteiger charge is 2.53. The number of aliphatic hydroxyl groups is 1. The number of ether oxygens (including phenoxy) is 2. The number of rotatable bonds is 12. The van der Waals surface area contributed by atoms with E-state index >= 15 is 0 Å². The van der Waals surface area contributed by atoms with E-state index in [4.69, 9.17) is 29.9 Å². The van der Waals surface area contributed by atoms with Crippen molar-refractivity contribution in [2.45, 2.75) is 31.0 Å². The minimum atomic E-state index is -1.44. The topological polar surface area (TPSA) is 138 Å². The summed E-state index contributed by atoms with van der Waals surface area (Å²) in [5, 5.41) is 12.7. The Bertz CT molecular complexity index is 1360. The fraction of sp³-hybridized carbons (Fsp3) is 0.286. The van der Waals surface area contributed by atoms with Gasteiger partial charge in [-0.05, 0) is 58.6 Å². The molecule has 11 heteroatoms. The van der Waals surface area contributed by atoms with Gasteiger partial charge in [0.05, 0.1) is 20.3 Å². The van der Waals surface area contributed by atoms with E-state index in [2.05, 4.69) is 31.4 Å². The molecule has 0 aliphatic carbocycles. The van der Waals surface area contributed by atoms with Crippen LogP contribution in [0.25, 0.3) is 10.4 Å². The molecule has 2 N–H and O–H groups in total. The van der Waals surface area contributed by atoms with Crippen molar-refractivity contribution in [2.24, 2.45) is 10.1 Å². The van der Waals surface area contributed by atoms with Crippen molar-refractivity contribution in [3.8, 4) is 5.75 Å². The van der Waals surface area contributed by atoms with E-state index in [1.807, 2.05) is 60.7 Å². The third kappa shape index (κ3) is 6.58. The number of hydrogen-bond donors (Lipinski definition) is 2. The minimum absolute atomic E-state index is 0.0534. The second kappa shape index (κ2) is 13.3. The number of halogens is 1. The predicted molar refractivity (Wildman–Crippen MR) is 149 cm³/mol. The number of aliphatic imine (C=N–C) groups is 1. The molecule has 202 valence electrons. The van der Waals surface area contributed by atoms with Crippen LogP contribution in [0, 0.1) is 0 Å². The summed E-state index contributed by atoms with van der Waals surface area (Å²) in [4.78, 5) is 26.6. The number of nitrogens with zero attached hydrogens (tertiary/aromatic N) is 4. The zero-order chi connectivity index (χ0) is 27.7. The summed E-state index contributed by atoms with van der Waals surface area (Å²) in [6.07, 6.45) is -0.0971. The summed E-state index contributed by atoms with van der Waals surface area (Å²) in [5.74, 6) is 0.463. The first kappa shape index (κ1) is 28.1. The Balaban J connectivity index is 1.80. The number of aliphatic hydroxyl groups excluding tert-OH is 1. The van der Waals surface area contributed by atoms with E-state index in [9.17, 15) is 4.79 Å². The predicted octanol–water partition coefficient (Wildman–Crippen LogP) is 5.20. The van der Waals surface area contributed by atoms with E-state index in [1.165, 1.54) is 7.11 Å². The van der Waals surface area contributed by atoms with Crippen molar-refractivity contribution in [1.29, 1.82) is 0 Å². The van der Waals surface area contributed by atoms with Crippen molar-refractivity contribution in [3.05, 3.63) is 110 Å². The Kier molecular flexibility index (Phi) is 9.56. The van der Waals surface area contributed by atoms with Gasteiger partial charge in [-0.3, -0.25) is 9.63 Å². The molecular weight excluding hydrogens is 566 g/mol. The van der Waals surface area contributed by atoms with Gasteiger partial charge in [-0.25, -0.2) is 10.5 Å². The Morgan fingerprint density at radius 2 is 1.87 bits per heavy atom. The van der Waals surface area contributed by atoms with Crippen LogP contribution in [0.5, 0.6) is 5.75 Å². The molecule has 2 atom stereocenters. The molecule has 0 aromatic heterocycles. The van der Waals surface area contributed by atoms with Gasteiger partial charge < -0.3 is 14.6 Å². The second-order valence-corrected chi connectivity index (χ2v) is 9.73. The van der Waals surface area contributed by atoms with Crippen LogP contribution in [0.15, 0.2) is 87.4 Å². The van der Waals surface area contributed by atoms with Gasteiger partial charge >= 0.3 is 0 Å². The molecule has 4 rings (SSSR count). The highest BCUT2D eigenvalue weighted by atomic mass is 79.9. The van der Waals surface area contributed by atoms with Crippen molar-refractivity contribution in [3.63, 3.8) is 0 Å². The quantitative estimate of drug-likeness (QED) is 0.0977. The van der Waals surface area contributed by atoms with Gasteiger partial charge in [0.25, 0.3) is 5.91 Å². The highest BCUT2D eigenvalue weighted by molar-refractivity contribution is 9.10. The molecule has 0 saturated carbocycles. The van der Waals surface area contributed by atoms with Crippen LogP contribution in [0.3, 0.4) is 0 Å². The third-order valence-corrected chi connectivity index (χ3v) is 6.81. The summed E-state index contributed by atoms with van der Waals surface area (Å²) in [6, 6.07) is 22.2. The van der Waals surface area contributed by atoms with Crippen molar-refractivity contribution in [2.75, 3.05) is 20.3 Å². The van der Waals surface area contributed by atoms with Gasteiger partial charge in [-0.2, -0.15) is 0 Å². The molecule has 0 unspecified atom stereocenters. The Morgan fingerprint density at radius 3 is 2.54 bits per heavy atom. The lowest BCUT2D eigenvalue weighted by molar-refractivity contribution is -0.139. The van der Waals surface area contributed by atoms with E-state index in [-0.39, 0.29) is 19.6 Å². The normalized spacial score (nSPS) is 18.0. The molecule has 1 aliphatic heterocycles. The maximum Gasteiger partial charge on any atom is 0.276 e. The Hall–Kier alpha value is -3.89. The van der Waals surface area contributed by atoms with E-state index in [1.54, 1.807) is 12.1 Å². The first-order valence-electron chi connectivity index (χ1n) is 12.3. The lowest BCUT2D eigenvalue weighted by Crippen LogP contribution is -2.49. The van der Waals surface area contributed by atoms with Crippen LogP contribution in [-0.2, 0) is 27.3 Å². The number of carbonyl (C=O) groups is 1. The van der Waals surface area contributed by atoms with E-state index in [0.29, 0.717) is 30.2 Å². The van der Waals surface area contributed by atoms with Crippen molar-refractivity contribution < 1.29 is 24.2 Å². The number of hydroxylamine groups is 1. The minimum Gasteiger partial charge on any atom is -0.494 e. The summed E-state index contributed by atoms with van der Waals surface area (Å²) in [6.45, 7) is 0.582. The molecule has 0 fully saturated rings. The summed E-state index contributed by atoms with van der Waals surface area (Å²) < 4.78 is 13.0. The van der Waals surface area contributed by atoms with Gasteiger partial charge in [0.15, 0.2) is 11.6 Å². The standard InChI is InChI=1S/C28H28BrN5O5/c1-37-33-27(36)28(17-21-5-2-3-6-22(21)18-31-34-30)25(19-7-11-23(29)12-8-19)39-26(32-28)20-9-13-24(14-10-20)38-16-4-15-35/h2-3,5-14,25,35H,4,15-18H2,1H3,(H,33,36)/t25-,28-/m0/s1. The maximum atomic E-state index is 13.8. The number of nitrogens with one attached hydrogen (secondary N) is 1. The zero-order valence-corrected chi connectivity index (χ0v) is 22.9. The third-order valence-electron chi connectivity index (χ3n) is 6.28. The Morgan fingerprint density at radius 1 is 1.15 bits per heavy atom. The molecule has 39 heavy (non-hydrogen) atoms. The van der Waals surface area contributed by atoms with Crippen LogP contribution >= 0.6 is 15.9 Å². The summed E-state index contributed by atoms with van der Waals surface area (Å²) >= 11 is 3.47. The molecule has 10 nitrogen and oxygen atoms in total. The summed E-state index contributed by atoms with van der Waals surface area (Å²) in [7, 11) is 1.37. The molecule has 1 heterocycles. The zero-order valence-electron chi connectivity index (χ0n) is 21.3. The van der Waals surface area contributed by atoms with E-state index in [0.717, 1.165) is 21.2 Å². The first-order chi connectivity index (χ1) is 19.0. The van der Waals surface area contributed by atoms with Crippen LogP contribution in [-0.4, -0.2) is 42.8 Å². The molecule has 3 aromatic carbocycles. The van der Waals surface area contributed by atoms with Crippen molar-refractivity contribution >= 4 is 27.7 Å². The van der Waals surface area contributed by atoms with Crippen LogP contribution in [0.2, 0.25) is 0 Å². The fourth-order valence-corrected chi connectivity index (χ4v) is 4.65. The molecule has 0 bridgehead atoms. The molecule has 1 amide bonds. The van der Waals surface area contributed by atoms with Gasteiger partial charge in [-0.1, -0.05) is 57.4 Å². The Labute approximate surface area is 234 Å². The van der Waals surface area contributed by atoms with Gasteiger partial charge in [-0.15, -0.1) is 0 Å². The molecule has 1 aliphatic rings. The molecule has 0 saturated heterocycles. The SMILES string of the molecule is CONC(=O)[C@@]1(Cc2ccccc2CN=[N+]=[N-])N=C(c2ccc(OCCCO)cc2)O[C@H]1c1ccc(Br)cc1. The van der Waals surface area contributed by atoms with Crippen LogP contribution in [0.4, 0.5) is 0 Å². The lowest BCUT2D eigenvalue weighted by Gasteiger charge is -2.31. The smallest absolute Gasteiger partial charge is 0.276 e. The largest absolute Gasteiger partial charge is 0.494 e. The number of benzene rings is 3. The average Bonchev–Trinajstić information content (AvgIpc) is 3.34. The van der Waals surface area contributed by atoms with Crippen LogP contribution in [0.1, 0.15) is 34.8 Å². The second-order valence-electron chi connectivity index (χ2n) is 8.81. The first-order valence-corrected chi connectivity index (χ1v) is 13.1. The number of amides is 1. The van der Waals surface area contributed by atoms with Crippen LogP contribution < -0.4 is 10.2 Å². The van der Waals surface area contributed by atoms with Gasteiger partial charge in [0, 0.05) is 34.4 Å². The van der Waals surface area contributed by atoms with Crippen molar-refractivity contribution in [1.82, 2.24) is 5.48 Å². The van der Waals surface area contributed by atoms with E-state index < -0.39 is 17.6 Å². The molecule has 0 radical (unpaired) electrons. The van der Waals surface area contributed by atoms with Gasteiger partial charge in [0.2, 0.25) is 5.90 Å². The highest BCUT2D eigenvalue weighted by Crippen LogP contribution is 2.43.